The summed E-state index contributed by atoms with van der Waals surface area (Å²) in [7, 11) is 1.54. The minimum atomic E-state index is -0.0839. The molecule has 92 valence electrons. The van der Waals surface area contributed by atoms with Gasteiger partial charge in [0.25, 0.3) is 0 Å². The first kappa shape index (κ1) is 13.4. The van der Waals surface area contributed by atoms with E-state index in [2.05, 4.69) is 22.6 Å². The second kappa shape index (κ2) is 5.71. The quantitative estimate of drug-likeness (QED) is 0.597. The molecule has 2 rings (SSSR count). The average molecular weight is 373 g/mol. The van der Waals surface area contributed by atoms with Gasteiger partial charge in [-0.05, 0) is 52.9 Å². The van der Waals surface area contributed by atoms with Crippen LogP contribution in [-0.2, 0) is 0 Å². The SMILES string of the molecule is COc1ccc(Cl)cc1C(=O)c1ccccc1I. The Hall–Kier alpha value is -1.07. The fourth-order valence-corrected chi connectivity index (χ4v) is 2.45. The minimum absolute atomic E-state index is 0.0839. The molecule has 0 aliphatic heterocycles. The molecule has 0 fully saturated rings. The van der Waals surface area contributed by atoms with Gasteiger partial charge in [0.2, 0.25) is 0 Å². The molecule has 0 heterocycles. The molecule has 0 N–H and O–H groups in total. The molecule has 0 aliphatic rings. The third kappa shape index (κ3) is 2.67. The summed E-state index contributed by atoms with van der Waals surface area (Å²) in [5, 5.41) is 0.519. The van der Waals surface area contributed by atoms with Crippen molar-refractivity contribution in [1.82, 2.24) is 0 Å². The summed E-state index contributed by atoms with van der Waals surface area (Å²) in [5.74, 6) is 0.448. The zero-order valence-electron chi connectivity index (χ0n) is 9.61. The molecule has 0 aromatic heterocycles. The van der Waals surface area contributed by atoms with Crippen LogP contribution in [0.2, 0.25) is 5.02 Å². The van der Waals surface area contributed by atoms with Crippen molar-refractivity contribution in [3.63, 3.8) is 0 Å². The molecule has 0 saturated carbocycles. The predicted octanol–water partition coefficient (Wildman–Crippen LogP) is 4.18. The van der Waals surface area contributed by atoms with E-state index >= 15 is 0 Å². The molecule has 0 radical (unpaired) electrons. The van der Waals surface area contributed by atoms with Crippen LogP contribution in [0.5, 0.6) is 5.75 Å². The van der Waals surface area contributed by atoms with E-state index < -0.39 is 0 Å². The van der Waals surface area contributed by atoms with E-state index in [1.165, 1.54) is 7.11 Å². The highest BCUT2D eigenvalue weighted by molar-refractivity contribution is 14.1. The Morgan fingerprint density at radius 1 is 1.17 bits per heavy atom. The average Bonchev–Trinajstić information content (AvgIpc) is 2.38. The first-order valence-corrected chi connectivity index (χ1v) is 6.72. The smallest absolute Gasteiger partial charge is 0.197 e. The zero-order valence-corrected chi connectivity index (χ0v) is 12.5. The first-order valence-electron chi connectivity index (χ1n) is 5.26. The maximum Gasteiger partial charge on any atom is 0.197 e. The van der Waals surface area contributed by atoms with Crippen molar-refractivity contribution in [2.75, 3.05) is 7.11 Å². The predicted molar refractivity (Wildman–Crippen MR) is 80.6 cm³/mol. The van der Waals surface area contributed by atoms with Gasteiger partial charge in [-0.1, -0.05) is 23.7 Å². The van der Waals surface area contributed by atoms with E-state index in [0.717, 1.165) is 3.57 Å². The number of carbonyl (C=O) groups is 1. The molecule has 0 amide bonds. The number of halogens is 2. The third-order valence-corrected chi connectivity index (χ3v) is 3.70. The number of methoxy groups -OCH3 is 1. The molecule has 0 aliphatic carbocycles. The Bertz CT molecular complexity index is 596. The Balaban J connectivity index is 2.52. The highest BCUT2D eigenvalue weighted by Crippen LogP contribution is 2.26. The molecule has 0 spiro atoms. The van der Waals surface area contributed by atoms with Crippen LogP contribution in [0.4, 0.5) is 0 Å². The normalized spacial score (nSPS) is 10.2. The Labute approximate surface area is 124 Å². The standard InChI is InChI=1S/C14H10ClIO2/c1-18-13-7-6-9(15)8-11(13)14(17)10-4-2-3-5-12(10)16/h2-8H,1H3. The lowest BCUT2D eigenvalue weighted by Gasteiger charge is -2.09. The molecule has 2 aromatic rings. The van der Waals surface area contributed by atoms with Crippen molar-refractivity contribution in [2.24, 2.45) is 0 Å². The third-order valence-electron chi connectivity index (χ3n) is 2.52. The van der Waals surface area contributed by atoms with Crippen molar-refractivity contribution < 1.29 is 9.53 Å². The van der Waals surface area contributed by atoms with Crippen LogP contribution in [0, 0.1) is 3.57 Å². The monoisotopic (exact) mass is 372 g/mol. The number of ether oxygens (including phenoxy) is 1. The van der Waals surface area contributed by atoms with Crippen molar-refractivity contribution in [3.8, 4) is 5.75 Å². The molecular formula is C14H10ClIO2. The maximum atomic E-state index is 12.5. The molecule has 0 atom stereocenters. The highest BCUT2D eigenvalue weighted by atomic mass is 127. The molecule has 4 heteroatoms. The second-order valence-electron chi connectivity index (χ2n) is 3.65. The van der Waals surface area contributed by atoms with Crippen molar-refractivity contribution in [1.29, 1.82) is 0 Å². The van der Waals surface area contributed by atoms with Crippen LogP contribution in [-0.4, -0.2) is 12.9 Å². The summed E-state index contributed by atoms with van der Waals surface area (Å²) in [6.45, 7) is 0. The molecule has 0 saturated heterocycles. The van der Waals surface area contributed by atoms with Gasteiger partial charge in [-0.3, -0.25) is 4.79 Å². The van der Waals surface area contributed by atoms with E-state index in [9.17, 15) is 4.79 Å². The molecule has 2 nitrogen and oxygen atoms in total. The van der Waals surface area contributed by atoms with E-state index in [0.29, 0.717) is 21.9 Å². The Morgan fingerprint density at radius 2 is 1.89 bits per heavy atom. The van der Waals surface area contributed by atoms with Gasteiger partial charge in [0.05, 0.1) is 12.7 Å². The number of hydrogen-bond donors (Lipinski definition) is 0. The summed E-state index contributed by atoms with van der Waals surface area (Å²) < 4.78 is 6.11. The number of hydrogen-bond acceptors (Lipinski definition) is 2. The van der Waals surface area contributed by atoms with Gasteiger partial charge < -0.3 is 4.74 Å². The van der Waals surface area contributed by atoms with Crippen LogP contribution in [0.1, 0.15) is 15.9 Å². The zero-order chi connectivity index (χ0) is 13.1. The lowest BCUT2D eigenvalue weighted by atomic mass is 10.0. The molecular weight excluding hydrogens is 363 g/mol. The van der Waals surface area contributed by atoms with E-state index in [1.54, 1.807) is 24.3 Å². The summed E-state index contributed by atoms with van der Waals surface area (Å²) in [5.41, 5.74) is 1.13. The van der Waals surface area contributed by atoms with Crippen molar-refractivity contribution >= 4 is 40.0 Å². The topological polar surface area (TPSA) is 26.3 Å². The van der Waals surface area contributed by atoms with Crippen molar-refractivity contribution in [2.45, 2.75) is 0 Å². The molecule has 0 unspecified atom stereocenters. The summed E-state index contributed by atoms with van der Waals surface area (Å²) in [6, 6.07) is 12.5. The van der Waals surface area contributed by atoms with Crippen LogP contribution in [0.3, 0.4) is 0 Å². The van der Waals surface area contributed by atoms with Crippen LogP contribution < -0.4 is 4.74 Å². The second-order valence-corrected chi connectivity index (χ2v) is 5.25. The minimum Gasteiger partial charge on any atom is -0.496 e. The van der Waals surface area contributed by atoms with Crippen LogP contribution in [0.15, 0.2) is 42.5 Å². The van der Waals surface area contributed by atoms with Gasteiger partial charge in [0, 0.05) is 14.2 Å². The van der Waals surface area contributed by atoms with Crippen LogP contribution in [0.25, 0.3) is 0 Å². The lowest BCUT2D eigenvalue weighted by Crippen LogP contribution is -2.05. The molecule has 2 aromatic carbocycles. The van der Waals surface area contributed by atoms with E-state index in [4.69, 9.17) is 16.3 Å². The molecule has 18 heavy (non-hydrogen) atoms. The highest BCUT2D eigenvalue weighted by Gasteiger charge is 2.16. The van der Waals surface area contributed by atoms with Gasteiger partial charge in [-0.15, -0.1) is 0 Å². The lowest BCUT2D eigenvalue weighted by molar-refractivity contribution is 0.103. The maximum absolute atomic E-state index is 12.5. The van der Waals surface area contributed by atoms with Crippen LogP contribution >= 0.6 is 34.2 Å². The number of benzene rings is 2. The Morgan fingerprint density at radius 3 is 2.56 bits per heavy atom. The largest absolute Gasteiger partial charge is 0.496 e. The van der Waals surface area contributed by atoms with E-state index in [1.807, 2.05) is 18.2 Å². The van der Waals surface area contributed by atoms with Gasteiger partial charge in [0.1, 0.15) is 5.75 Å². The number of carbonyl (C=O) groups excluding carboxylic acids is 1. The fourth-order valence-electron chi connectivity index (χ4n) is 1.65. The summed E-state index contributed by atoms with van der Waals surface area (Å²) in [4.78, 5) is 12.5. The van der Waals surface area contributed by atoms with Crippen molar-refractivity contribution in [3.05, 3.63) is 62.2 Å². The summed E-state index contributed by atoms with van der Waals surface area (Å²) in [6.07, 6.45) is 0. The number of ketones is 1. The first-order chi connectivity index (χ1) is 8.63. The Kier molecular flexibility index (Phi) is 4.24. The fraction of sp³-hybridized carbons (Fsp3) is 0.0714. The van der Waals surface area contributed by atoms with Gasteiger partial charge >= 0.3 is 0 Å². The number of rotatable bonds is 3. The summed E-state index contributed by atoms with van der Waals surface area (Å²) >= 11 is 8.08. The molecule has 0 bridgehead atoms. The van der Waals surface area contributed by atoms with E-state index in [-0.39, 0.29) is 5.78 Å². The van der Waals surface area contributed by atoms with Gasteiger partial charge in [-0.25, -0.2) is 0 Å². The van der Waals surface area contributed by atoms with Gasteiger partial charge in [-0.2, -0.15) is 0 Å². The van der Waals surface area contributed by atoms with Gasteiger partial charge in [0.15, 0.2) is 5.78 Å².